The van der Waals surface area contributed by atoms with Crippen LogP contribution >= 0.6 is 15.9 Å². The SMILES string of the molecule is Cc1cccc(N(Cc2ccc(C(=O)Nc3ccc(S(=O)(=O)Nc4ccc(Br)cc4)cc3)cc2)S(C)(=O)=O)c1. The number of rotatable bonds is 9. The first-order valence-electron chi connectivity index (χ1n) is 11.7. The summed E-state index contributed by atoms with van der Waals surface area (Å²) in [6.07, 6.45) is 1.16. The molecule has 0 spiro atoms. The Bertz CT molecular complexity index is 1690. The number of halogens is 1. The highest BCUT2D eigenvalue weighted by atomic mass is 79.9. The molecule has 0 saturated heterocycles. The molecule has 0 aliphatic carbocycles. The highest BCUT2D eigenvalue weighted by molar-refractivity contribution is 9.10. The lowest BCUT2D eigenvalue weighted by Crippen LogP contribution is -2.29. The average molecular weight is 629 g/mol. The minimum atomic E-state index is -3.80. The first-order valence-corrected chi connectivity index (χ1v) is 15.9. The van der Waals surface area contributed by atoms with Gasteiger partial charge in [-0.1, -0.05) is 40.2 Å². The Kier molecular flexibility index (Phi) is 8.43. The van der Waals surface area contributed by atoms with Crippen LogP contribution in [0.2, 0.25) is 0 Å². The van der Waals surface area contributed by atoms with Crippen LogP contribution in [0.4, 0.5) is 17.1 Å². The molecule has 39 heavy (non-hydrogen) atoms. The fraction of sp³-hybridized carbons (Fsp3) is 0.107. The molecule has 4 aromatic rings. The second-order valence-electron chi connectivity index (χ2n) is 8.90. The van der Waals surface area contributed by atoms with Gasteiger partial charge in [0.25, 0.3) is 15.9 Å². The lowest BCUT2D eigenvalue weighted by Gasteiger charge is -2.23. The summed E-state index contributed by atoms with van der Waals surface area (Å²) in [6.45, 7) is 2.01. The quantitative estimate of drug-likeness (QED) is 0.244. The van der Waals surface area contributed by atoms with Crippen molar-refractivity contribution in [3.05, 3.63) is 118 Å². The Morgan fingerprint density at radius 2 is 1.44 bits per heavy atom. The van der Waals surface area contributed by atoms with Crippen LogP contribution in [0.15, 0.2) is 106 Å². The van der Waals surface area contributed by atoms with Crippen LogP contribution < -0.4 is 14.3 Å². The predicted molar refractivity (Wildman–Crippen MR) is 158 cm³/mol. The summed E-state index contributed by atoms with van der Waals surface area (Å²) >= 11 is 3.31. The zero-order chi connectivity index (χ0) is 28.2. The first-order chi connectivity index (χ1) is 18.4. The third kappa shape index (κ3) is 7.47. The van der Waals surface area contributed by atoms with Crippen LogP contribution in [-0.2, 0) is 26.6 Å². The third-order valence-electron chi connectivity index (χ3n) is 5.75. The largest absolute Gasteiger partial charge is 0.322 e. The number of hydrogen-bond donors (Lipinski definition) is 2. The van der Waals surface area contributed by atoms with Crippen molar-refractivity contribution in [2.45, 2.75) is 18.4 Å². The summed E-state index contributed by atoms with van der Waals surface area (Å²) in [6, 6.07) is 26.4. The van der Waals surface area contributed by atoms with Crippen molar-refractivity contribution in [2.24, 2.45) is 0 Å². The molecular formula is C28H26BrN3O5S2. The lowest BCUT2D eigenvalue weighted by atomic mass is 10.1. The summed E-state index contributed by atoms with van der Waals surface area (Å²) < 4.78 is 54.9. The maximum absolute atomic E-state index is 12.8. The molecule has 0 aromatic heterocycles. The number of carbonyl (C=O) groups is 1. The predicted octanol–water partition coefficient (Wildman–Crippen LogP) is 5.78. The van der Waals surface area contributed by atoms with Crippen molar-refractivity contribution in [2.75, 3.05) is 20.6 Å². The number of nitrogens with zero attached hydrogens (tertiary/aromatic N) is 1. The maximum Gasteiger partial charge on any atom is 0.261 e. The summed E-state index contributed by atoms with van der Waals surface area (Å²) in [5.41, 5.74) is 3.45. The summed E-state index contributed by atoms with van der Waals surface area (Å²) in [5, 5.41) is 2.74. The number of nitrogens with one attached hydrogen (secondary N) is 2. The smallest absolute Gasteiger partial charge is 0.261 e. The molecule has 11 heteroatoms. The molecule has 202 valence electrons. The molecule has 0 radical (unpaired) electrons. The van der Waals surface area contributed by atoms with E-state index in [9.17, 15) is 21.6 Å². The van der Waals surface area contributed by atoms with Crippen LogP contribution in [0.1, 0.15) is 21.5 Å². The lowest BCUT2D eigenvalue weighted by molar-refractivity contribution is 0.102. The summed E-state index contributed by atoms with van der Waals surface area (Å²) in [5.74, 6) is -0.385. The van der Waals surface area contributed by atoms with Crippen LogP contribution in [0.3, 0.4) is 0 Å². The molecule has 0 heterocycles. The van der Waals surface area contributed by atoms with Crippen LogP contribution in [0.25, 0.3) is 0 Å². The van der Waals surface area contributed by atoms with Crippen LogP contribution in [-0.4, -0.2) is 29.0 Å². The number of aryl methyl sites for hydroxylation is 1. The standard InChI is InChI=1S/C28H26BrN3O5S2/c1-20-4-3-5-26(18-20)32(38(2,34)35)19-21-6-8-22(9-7-21)28(33)30-24-14-16-27(17-15-24)39(36,37)31-25-12-10-23(29)11-13-25/h3-18,31H,19H2,1-2H3,(H,30,33). The zero-order valence-electron chi connectivity index (χ0n) is 21.1. The molecule has 0 aliphatic rings. The van der Waals surface area contributed by atoms with Crippen molar-refractivity contribution in [3.63, 3.8) is 0 Å². The Balaban J connectivity index is 1.42. The van der Waals surface area contributed by atoms with E-state index in [2.05, 4.69) is 26.0 Å². The molecular weight excluding hydrogens is 602 g/mol. The van der Waals surface area contributed by atoms with Gasteiger partial charge in [0.15, 0.2) is 0 Å². The molecule has 0 aliphatic heterocycles. The number of anilines is 3. The Morgan fingerprint density at radius 1 is 0.821 bits per heavy atom. The molecule has 2 N–H and O–H groups in total. The van der Waals surface area contributed by atoms with Gasteiger partial charge >= 0.3 is 0 Å². The number of hydrogen-bond acceptors (Lipinski definition) is 5. The normalized spacial score (nSPS) is 11.6. The van der Waals surface area contributed by atoms with Gasteiger partial charge in [-0.15, -0.1) is 0 Å². The fourth-order valence-electron chi connectivity index (χ4n) is 3.76. The monoisotopic (exact) mass is 627 g/mol. The van der Waals surface area contributed by atoms with Crippen molar-refractivity contribution < 1.29 is 21.6 Å². The van der Waals surface area contributed by atoms with Gasteiger partial charge in [0, 0.05) is 21.4 Å². The molecule has 4 aromatic carbocycles. The van der Waals surface area contributed by atoms with Crippen molar-refractivity contribution in [3.8, 4) is 0 Å². The van der Waals surface area contributed by atoms with Crippen molar-refractivity contribution in [1.29, 1.82) is 0 Å². The molecule has 8 nitrogen and oxygen atoms in total. The topological polar surface area (TPSA) is 113 Å². The van der Waals surface area contributed by atoms with Gasteiger partial charge in [-0.25, -0.2) is 16.8 Å². The molecule has 1 amide bonds. The average Bonchev–Trinajstić information content (AvgIpc) is 2.88. The van der Waals surface area contributed by atoms with E-state index < -0.39 is 20.0 Å². The van der Waals surface area contributed by atoms with E-state index in [0.29, 0.717) is 28.2 Å². The summed E-state index contributed by atoms with van der Waals surface area (Å²) in [7, 11) is -7.33. The van der Waals surface area contributed by atoms with E-state index in [-0.39, 0.29) is 17.3 Å². The summed E-state index contributed by atoms with van der Waals surface area (Å²) in [4.78, 5) is 12.8. The Hall–Kier alpha value is -3.67. The van der Waals surface area contributed by atoms with E-state index in [1.807, 2.05) is 13.0 Å². The highest BCUT2D eigenvalue weighted by Crippen LogP contribution is 2.23. The van der Waals surface area contributed by atoms with E-state index in [1.54, 1.807) is 66.7 Å². The maximum atomic E-state index is 12.8. The third-order valence-corrected chi connectivity index (χ3v) is 8.82. The number of benzene rings is 4. The molecule has 0 fully saturated rings. The first kappa shape index (κ1) is 28.3. The second-order valence-corrected chi connectivity index (χ2v) is 13.4. The second kappa shape index (κ2) is 11.6. The van der Waals surface area contributed by atoms with E-state index in [1.165, 1.54) is 28.6 Å². The number of carbonyl (C=O) groups excluding carboxylic acids is 1. The molecule has 0 saturated carbocycles. The van der Waals surface area contributed by atoms with Gasteiger partial charge in [-0.2, -0.15) is 0 Å². The zero-order valence-corrected chi connectivity index (χ0v) is 24.3. The van der Waals surface area contributed by atoms with Gasteiger partial charge < -0.3 is 5.32 Å². The fourth-order valence-corrected chi connectivity index (χ4v) is 5.97. The van der Waals surface area contributed by atoms with Crippen molar-refractivity contribution in [1.82, 2.24) is 0 Å². The molecule has 4 rings (SSSR count). The van der Waals surface area contributed by atoms with E-state index in [0.717, 1.165) is 16.3 Å². The van der Waals surface area contributed by atoms with Gasteiger partial charge in [0.2, 0.25) is 10.0 Å². The van der Waals surface area contributed by atoms with Gasteiger partial charge in [-0.05, 0) is 90.8 Å². The van der Waals surface area contributed by atoms with E-state index in [4.69, 9.17) is 0 Å². The van der Waals surface area contributed by atoms with Gasteiger partial charge in [0.05, 0.1) is 23.4 Å². The van der Waals surface area contributed by atoms with Crippen LogP contribution in [0.5, 0.6) is 0 Å². The Morgan fingerprint density at radius 3 is 2.03 bits per heavy atom. The van der Waals surface area contributed by atoms with Gasteiger partial charge in [0.1, 0.15) is 0 Å². The minimum Gasteiger partial charge on any atom is -0.322 e. The minimum absolute atomic E-state index is 0.0526. The molecule has 0 unspecified atom stereocenters. The Labute approximate surface area is 236 Å². The van der Waals surface area contributed by atoms with Crippen molar-refractivity contribution >= 4 is 58.9 Å². The number of sulfonamides is 2. The van der Waals surface area contributed by atoms with Crippen LogP contribution in [0, 0.1) is 6.92 Å². The van der Waals surface area contributed by atoms with E-state index >= 15 is 0 Å². The highest BCUT2D eigenvalue weighted by Gasteiger charge is 2.19. The number of amides is 1. The molecule has 0 bridgehead atoms. The molecule has 0 atom stereocenters. The van der Waals surface area contributed by atoms with Gasteiger partial charge in [-0.3, -0.25) is 13.8 Å².